The van der Waals surface area contributed by atoms with Gasteiger partial charge in [-0.1, -0.05) is 17.2 Å². The van der Waals surface area contributed by atoms with Crippen molar-refractivity contribution in [2.24, 2.45) is 0 Å². The van der Waals surface area contributed by atoms with E-state index in [2.05, 4.69) is 10.3 Å². The number of hydrogen-bond donors (Lipinski definition) is 0. The topological polar surface area (TPSA) is 81.6 Å². The molecule has 3 heterocycles. The van der Waals surface area contributed by atoms with Crippen LogP contribution in [0.15, 0.2) is 39.4 Å². The fourth-order valence-corrected chi connectivity index (χ4v) is 3.83. The van der Waals surface area contributed by atoms with Gasteiger partial charge in [-0.05, 0) is 44.0 Å². The van der Waals surface area contributed by atoms with E-state index in [4.69, 9.17) is 13.8 Å². The maximum absolute atomic E-state index is 13.1. The second kappa shape index (κ2) is 7.50. The van der Waals surface area contributed by atoms with Crippen LogP contribution in [0.4, 0.5) is 0 Å². The Kier molecular flexibility index (Phi) is 4.90. The van der Waals surface area contributed by atoms with Crippen LogP contribution < -0.4 is 4.74 Å². The standard InChI is InChI=1S/C21H23N3O4/c1-4-18-20(13(2)22-27-18)17-6-5-11-24(17)21(25)16-12-19(28-23-16)14-7-9-15(26-3)10-8-14/h7-10,12,17H,4-6,11H2,1-3H3/t17-/m1/s1. The molecule has 1 aliphatic rings. The Morgan fingerprint density at radius 3 is 2.75 bits per heavy atom. The summed E-state index contributed by atoms with van der Waals surface area (Å²) in [6.45, 7) is 4.64. The highest BCUT2D eigenvalue weighted by atomic mass is 16.5. The summed E-state index contributed by atoms with van der Waals surface area (Å²) in [6, 6.07) is 9.10. The fraction of sp³-hybridized carbons (Fsp3) is 0.381. The van der Waals surface area contributed by atoms with E-state index in [-0.39, 0.29) is 11.9 Å². The van der Waals surface area contributed by atoms with Crippen molar-refractivity contribution in [1.82, 2.24) is 15.2 Å². The zero-order valence-corrected chi connectivity index (χ0v) is 16.3. The number of hydrogen-bond acceptors (Lipinski definition) is 6. The highest BCUT2D eigenvalue weighted by Gasteiger charge is 2.35. The third-order valence-corrected chi connectivity index (χ3v) is 5.25. The Balaban J connectivity index is 1.58. The number of aryl methyl sites for hydroxylation is 2. The number of nitrogens with zero attached hydrogens (tertiary/aromatic N) is 3. The average molecular weight is 381 g/mol. The normalized spacial score (nSPS) is 16.5. The first-order chi connectivity index (χ1) is 13.6. The Labute approximate surface area is 163 Å². The summed E-state index contributed by atoms with van der Waals surface area (Å²) in [6.07, 6.45) is 2.58. The number of ether oxygens (including phenoxy) is 1. The summed E-state index contributed by atoms with van der Waals surface area (Å²) in [5, 5.41) is 8.12. The minimum Gasteiger partial charge on any atom is -0.497 e. The Morgan fingerprint density at radius 2 is 2.04 bits per heavy atom. The van der Waals surface area contributed by atoms with Gasteiger partial charge in [0, 0.05) is 30.2 Å². The third-order valence-electron chi connectivity index (χ3n) is 5.25. The van der Waals surface area contributed by atoms with Gasteiger partial charge in [0.1, 0.15) is 11.5 Å². The molecule has 0 bridgehead atoms. The summed E-state index contributed by atoms with van der Waals surface area (Å²) < 4.78 is 16.0. The lowest BCUT2D eigenvalue weighted by Crippen LogP contribution is -2.31. The average Bonchev–Trinajstić information content (AvgIpc) is 3.46. The molecule has 0 aliphatic carbocycles. The van der Waals surface area contributed by atoms with Crippen molar-refractivity contribution in [3.05, 3.63) is 53.0 Å². The van der Waals surface area contributed by atoms with Crippen LogP contribution in [0.5, 0.6) is 5.75 Å². The highest BCUT2D eigenvalue weighted by molar-refractivity contribution is 5.93. The quantitative estimate of drug-likeness (QED) is 0.659. The lowest BCUT2D eigenvalue weighted by atomic mass is 10.0. The fourth-order valence-electron chi connectivity index (χ4n) is 3.83. The first-order valence-corrected chi connectivity index (χ1v) is 9.49. The lowest BCUT2D eigenvalue weighted by Gasteiger charge is -2.24. The smallest absolute Gasteiger partial charge is 0.276 e. The zero-order valence-electron chi connectivity index (χ0n) is 16.3. The van der Waals surface area contributed by atoms with Gasteiger partial charge in [0.25, 0.3) is 5.91 Å². The van der Waals surface area contributed by atoms with Crippen molar-refractivity contribution in [3.8, 4) is 17.1 Å². The Hall–Kier alpha value is -3.09. The van der Waals surface area contributed by atoms with Gasteiger partial charge in [-0.15, -0.1) is 0 Å². The van der Waals surface area contributed by atoms with Crippen molar-refractivity contribution in [2.45, 2.75) is 39.2 Å². The van der Waals surface area contributed by atoms with E-state index in [1.165, 1.54) is 0 Å². The number of carbonyl (C=O) groups is 1. The van der Waals surface area contributed by atoms with Crippen LogP contribution in [-0.2, 0) is 6.42 Å². The monoisotopic (exact) mass is 381 g/mol. The number of methoxy groups -OCH3 is 1. The number of benzene rings is 1. The maximum Gasteiger partial charge on any atom is 0.276 e. The van der Waals surface area contributed by atoms with Gasteiger partial charge in [0.05, 0.1) is 18.8 Å². The number of amides is 1. The molecule has 0 unspecified atom stereocenters. The minimum absolute atomic E-state index is 0.0326. The molecule has 1 aromatic carbocycles. The summed E-state index contributed by atoms with van der Waals surface area (Å²) in [7, 11) is 1.62. The van der Waals surface area contributed by atoms with E-state index in [1.807, 2.05) is 43.0 Å². The van der Waals surface area contributed by atoms with E-state index < -0.39 is 0 Å². The molecule has 146 valence electrons. The molecular weight excluding hydrogens is 358 g/mol. The molecule has 2 aromatic heterocycles. The molecule has 0 N–H and O–H groups in total. The van der Waals surface area contributed by atoms with Crippen molar-refractivity contribution in [1.29, 1.82) is 0 Å². The molecule has 1 atom stereocenters. The molecule has 0 radical (unpaired) electrons. The predicted octanol–water partition coefficient (Wildman–Crippen LogP) is 4.19. The molecule has 0 spiro atoms. The van der Waals surface area contributed by atoms with Crippen molar-refractivity contribution in [2.75, 3.05) is 13.7 Å². The van der Waals surface area contributed by atoms with Gasteiger partial charge in [-0.2, -0.15) is 0 Å². The Bertz CT molecular complexity index is 974. The van der Waals surface area contributed by atoms with Gasteiger partial charge in [0.2, 0.25) is 0 Å². The largest absolute Gasteiger partial charge is 0.497 e. The molecular formula is C21H23N3O4. The SMILES string of the molecule is CCc1onc(C)c1[C@H]1CCCN1C(=O)c1cc(-c2ccc(OC)cc2)on1. The van der Waals surface area contributed by atoms with Gasteiger partial charge in [-0.25, -0.2) is 0 Å². The van der Waals surface area contributed by atoms with E-state index in [0.717, 1.165) is 47.6 Å². The first kappa shape index (κ1) is 18.3. The van der Waals surface area contributed by atoms with Crippen LogP contribution in [0.1, 0.15) is 53.3 Å². The molecule has 1 aliphatic heterocycles. The molecule has 1 fully saturated rings. The Morgan fingerprint density at radius 1 is 1.25 bits per heavy atom. The lowest BCUT2D eigenvalue weighted by molar-refractivity contribution is 0.0724. The molecule has 3 aromatic rings. The molecule has 1 saturated heterocycles. The molecule has 7 nitrogen and oxygen atoms in total. The van der Waals surface area contributed by atoms with Gasteiger partial charge in [0.15, 0.2) is 11.5 Å². The van der Waals surface area contributed by atoms with Gasteiger partial charge in [-0.3, -0.25) is 4.79 Å². The molecule has 28 heavy (non-hydrogen) atoms. The maximum atomic E-state index is 13.1. The summed E-state index contributed by atoms with van der Waals surface area (Å²) >= 11 is 0. The number of aromatic nitrogens is 2. The summed E-state index contributed by atoms with van der Waals surface area (Å²) in [5.74, 6) is 2.03. The second-order valence-corrected chi connectivity index (χ2v) is 6.92. The predicted molar refractivity (Wildman–Crippen MR) is 102 cm³/mol. The van der Waals surface area contributed by atoms with Crippen molar-refractivity contribution >= 4 is 5.91 Å². The second-order valence-electron chi connectivity index (χ2n) is 6.92. The van der Waals surface area contributed by atoms with E-state index >= 15 is 0 Å². The van der Waals surface area contributed by atoms with Gasteiger partial charge < -0.3 is 18.7 Å². The number of rotatable bonds is 5. The molecule has 4 rings (SSSR count). The number of likely N-dealkylation sites (tertiary alicyclic amines) is 1. The van der Waals surface area contributed by atoms with Crippen LogP contribution in [0, 0.1) is 6.92 Å². The number of carbonyl (C=O) groups excluding carboxylic acids is 1. The van der Waals surface area contributed by atoms with Crippen molar-refractivity contribution < 1.29 is 18.6 Å². The molecule has 7 heteroatoms. The van der Waals surface area contributed by atoms with Crippen molar-refractivity contribution in [3.63, 3.8) is 0 Å². The van der Waals surface area contributed by atoms with E-state index in [9.17, 15) is 4.79 Å². The van der Waals surface area contributed by atoms with Gasteiger partial charge >= 0.3 is 0 Å². The molecule has 0 saturated carbocycles. The van der Waals surface area contributed by atoms with E-state index in [0.29, 0.717) is 18.0 Å². The summed E-state index contributed by atoms with van der Waals surface area (Å²) in [5.41, 5.74) is 3.03. The molecule has 1 amide bonds. The summed E-state index contributed by atoms with van der Waals surface area (Å²) in [4.78, 5) is 15.0. The van der Waals surface area contributed by atoms with Crippen LogP contribution in [0.3, 0.4) is 0 Å². The van der Waals surface area contributed by atoms with E-state index in [1.54, 1.807) is 13.2 Å². The zero-order chi connectivity index (χ0) is 19.7. The third kappa shape index (κ3) is 3.17. The van der Waals surface area contributed by atoms with Crippen LogP contribution >= 0.6 is 0 Å². The van der Waals surface area contributed by atoms with Crippen LogP contribution in [0.2, 0.25) is 0 Å². The van der Waals surface area contributed by atoms with Crippen LogP contribution in [-0.4, -0.2) is 34.8 Å². The minimum atomic E-state index is -0.131. The highest BCUT2D eigenvalue weighted by Crippen LogP contribution is 2.37. The first-order valence-electron chi connectivity index (χ1n) is 9.49. The van der Waals surface area contributed by atoms with Crippen LogP contribution in [0.25, 0.3) is 11.3 Å².